The molecule has 1 fully saturated rings. The summed E-state index contributed by atoms with van der Waals surface area (Å²) in [5.41, 5.74) is 5.61. The Morgan fingerprint density at radius 3 is 3.12 bits per heavy atom. The molecule has 0 radical (unpaired) electrons. The molecule has 8 heteroatoms. The van der Waals surface area contributed by atoms with Crippen LogP contribution in [0.2, 0.25) is 0 Å². The van der Waals surface area contributed by atoms with Crippen molar-refractivity contribution in [3.8, 4) is 5.88 Å². The first-order chi connectivity index (χ1) is 8.06. The number of nitrogen functional groups attached to an aromatic ring is 1. The summed E-state index contributed by atoms with van der Waals surface area (Å²) in [5, 5.41) is 8.81. The lowest BCUT2D eigenvalue weighted by molar-refractivity contribution is 0.144. The van der Waals surface area contributed by atoms with Gasteiger partial charge >= 0.3 is 6.09 Å². The van der Waals surface area contributed by atoms with E-state index in [0.29, 0.717) is 24.1 Å². The quantitative estimate of drug-likeness (QED) is 0.843. The fourth-order valence-corrected chi connectivity index (χ4v) is 1.87. The predicted octanol–water partition coefficient (Wildman–Crippen LogP) is 0.952. The molecule has 2 heterocycles. The number of hydrogen-bond acceptors (Lipinski definition) is 5. The lowest BCUT2D eigenvalue weighted by atomic mass is 10.3. The Morgan fingerprint density at radius 1 is 1.71 bits per heavy atom. The number of nitrogens with two attached hydrogens (primary N) is 1. The van der Waals surface area contributed by atoms with E-state index in [9.17, 15) is 4.79 Å². The summed E-state index contributed by atoms with van der Waals surface area (Å²) in [4.78, 5) is 20.0. The van der Waals surface area contributed by atoms with Gasteiger partial charge in [0.1, 0.15) is 10.7 Å². The van der Waals surface area contributed by atoms with E-state index < -0.39 is 6.09 Å². The second-order valence-electron chi connectivity index (χ2n) is 3.64. The second kappa shape index (κ2) is 4.74. The van der Waals surface area contributed by atoms with Crippen LogP contribution in [0.15, 0.2) is 10.8 Å². The molecule has 92 valence electrons. The summed E-state index contributed by atoms with van der Waals surface area (Å²) in [7, 11) is 0. The molecule has 0 aliphatic carbocycles. The number of amides is 1. The minimum absolute atomic E-state index is 0.196. The van der Waals surface area contributed by atoms with Crippen molar-refractivity contribution >= 4 is 27.8 Å². The zero-order valence-electron chi connectivity index (χ0n) is 8.84. The van der Waals surface area contributed by atoms with Crippen molar-refractivity contribution in [2.45, 2.75) is 12.5 Å². The SMILES string of the molecule is Nc1ncc(Br)nc1O[C@@H]1CCN(C(=O)O)C1. The summed E-state index contributed by atoms with van der Waals surface area (Å²) in [6, 6.07) is 0. The van der Waals surface area contributed by atoms with E-state index in [4.69, 9.17) is 15.6 Å². The van der Waals surface area contributed by atoms with Gasteiger partial charge in [-0.05, 0) is 15.9 Å². The number of ether oxygens (including phenoxy) is 1. The predicted molar refractivity (Wildman–Crippen MR) is 62.8 cm³/mol. The van der Waals surface area contributed by atoms with E-state index in [1.54, 1.807) is 0 Å². The van der Waals surface area contributed by atoms with E-state index >= 15 is 0 Å². The highest BCUT2D eigenvalue weighted by Crippen LogP contribution is 2.22. The Kier molecular flexibility index (Phi) is 3.32. The molecule has 0 saturated carbocycles. The number of nitrogens with zero attached hydrogens (tertiary/aromatic N) is 3. The number of aromatic nitrogens is 2. The molecule has 0 spiro atoms. The van der Waals surface area contributed by atoms with Crippen LogP contribution in [0.25, 0.3) is 0 Å². The van der Waals surface area contributed by atoms with Gasteiger partial charge in [-0.15, -0.1) is 0 Å². The number of rotatable bonds is 2. The molecular weight excluding hydrogens is 292 g/mol. The molecule has 0 aromatic carbocycles. The Bertz CT molecular complexity index is 442. The topological polar surface area (TPSA) is 102 Å². The molecule has 2 rings (SSSR count). The molecule has 1 aliphatic rings. The Balaban J connectivity index is 2.02. The van der Waals surface area contributed by atoms with Crippen LogP contribution in [0.4, 0.5) is 10.6 Å². The highest BCUT2D eigenvalue weighted by molar-refractivity contribution is 9.10. The Morgan fingerprint density at radius 2 is 2.47 bits per heavy atom. The molecule has 0 unspecified atom stereocenters. The summed E-state index contributed by atoms with van der Waals surface area (Å²) >= 11 is 3.17. The number of halogens is 1. The molecule has 1 aromatic rings. The van der Waals surface area contributed by atoms with Gasteiger partial charge in [-0.1, -0.05) is 0 Å². The van der Waals surface area contributed by atoms with Crippen molar-refractivity contribution in [3.63, 3.8) is 0 Å². The fourth-order valence-electron chi connectivity index (χ4n) is 1.60. The van der Waals surface area contributed by atoms with E-state index in [0.717, 1.165) is 0 Å². The average molecular weight is 303 g/mol. The maximum Gasteiger partial charge on any atom is 0.407 e. The van der Waals surface area contributed by atoms with E-state index in [1.807, 2.05) is 0 Å². The molecular formula is C9H11BrN4O3. The summed E-state index contributed by atoms with van der Waals surface area (Å²) in [5.74, 6) is 0.429. The summed E-state index contributed by atoms with van der Waals surface area (Å²) < 4.78 is 6.06. The van der Waals surface area contributed by atoms with Crippen LogP contribution in [0.1, 0.15) is 6.42 Å². The normalized spacial score (nSPS) is 19.4. The number of carboxylic acid groups (broad SMARTS) is 1. The molecule has 0 bridgehead atoms. The van der Waals surface area contributed by atoms with Gasteiger partial charge in [-0.2, -0.15) is 0 Å². The zero-order valence-corrected chi connectivity index (χ0v) is 10.4. The van der Waals surface area contributed by atoms with Gasteiger partial charge in [0.15, 0.2) is 5.82 Å². The van der Waals surface area contributed by atoms with Crippen molar-refractivity contribution in [1.82, 2.24) is 14.9 Å². The van der Waals surface area contributed by atoms with E-state index in [-0.39, 0.29) is 17.8 Å². The van der Waals surface area contributed by atoms with Gasteiger partial charge in [0.25, 0.3) is 5.88 Å². The molecule has 1 atom stereocenters. The molecule has 17 heavy (non-hydrogen) atoms. The molecule has 1 amide bonds. The maximum atomic E-state index is 10.7. The average Bonchev–Trinajstić information content (AvgIpc) is 2.72. The largest absolute Gasteiger partial charge is 0.470 e. The third-order valence-corrected chi connectivity index (χ3v) is 2.81. The van der Waals surface area contributed by atoms with Crippen LogP contribution in [0.5, 0.6) is 5.88 Å². The van der Waals surface area contributed by atoms with Gasteiger partial charge in [-0.25, -0.2) is 14.8 Å². The van der Waals surface area contributed by atoms with Crippen LogP contribution in [0, 0.1) is 0 Å². The minimum atomic E-state index is -0.940. The van der Waals surface area contributed by atoms with Crippen molar-refractivity contribution < 1.29 is 14.6 Å². The molecule has 3 N–H and O–H groups in total. The van der Waals surface area contributed by atoms with Gasteiger partial charge in [0.2, 0.25) is 0 Å². The molecule has 1 aliphatic heterocycles. The van der Waals surface area contributed by atoms with E-state index in [1.165, 1.54) is 11.1 Å². The van der Waals surface area contributed by atoms with Crippen molar-refractivity contribution in [2.24, 2.45) is 0 Å². The van der Waals surface area contributed by atoms with Crippen molar-refractivity contribution in [1.29, 1.82) is 0 Å². The summed E-state index contributed by atoms with van der Waals surface area (Å²) in [6.45, 7) is 0.782. The Labute approximate surface area is 106 Å². The minimum Gasteiger partial charge on any atom is -0.470 e. The molecule has 1 saturated heterocycles. The zero-order chi connectivity index (χ0) is 12.4. The van der Waals surface area contributed by atoms with Crippen LogP contribution in [-0.2, 0) is 0 Å². The number of carbonyl (C=O) groups is 1. The standard InChI is InChI=1S/C9H11BrN4O3/c10-6-3-12-7(11)8(13-6)17-5-1-2-14(4-5)9(15)16/h3,5H,1-2,4H2,(H2,11,12)(H,15,16)/t5-/m1/s1. The third-order valence-electron chi connectivity index (χ3n) is 2.43. The van der Waals surface area contributed by atoms with Crippen molar-refractivity contribution in [2.75, 3.05) is 18.8 Å². The van der Waals surface area contributed by atoms with Crippen LogP contribution in [0.3, 0.4) is 0 Å². The van der Waals surface area contributed by atoms with Crippen LogP contribution < -0.4 is 10.5 Å². The van der Waals surface area contributed by atoms with Gasteiger partial charge in [0.05, 0.1) is 12.7 Å². The van der Waals surface area contributed by atoms with Crippen LogP contribution in [-0.4, -0.2) is 45.3 Å². The summed E-state index contributed by atoms with van der Waals surface area (Å²) in [6.07, 6.45) is 0.932. The maximum absolute atomic E-state index is 10.7. The number of hydrogen-bond donors (Lipinski definition) is 2. The molecule has 7 nitrogen and oxygen atoms in total. The van der Waals surface area contributed by atoms with Gasteiger partial charge in [0, 0.05) is 13.0 Å². The smallest absolute Gasteiger partial charge is 0.407 e. The fraction of sp³-hybridized carbons (Fsp3) is 0.444. The van der Waals surface area contributed by atoms with Crippen molar-refractivity contribution in [3.05, 3.63) is 10.8 Å². The number of anilines is 1. The first-order valence-corrected chi connectivity index (χ1v) is 5.78. The monoisotopic (exact) mass is 302 g/mol. The molecule has 1 aromatic heterocycles. The van der Waals surface area contributed by atoms with Gasteiger partial charge < -0.3 is 20.5 Å². The van der Waals surface area contributed by atoms with Crippen LogP contribution >= 0.6 is 15.9 Å². The highest BCUT2D eigenvalue weighted by Gasteiger charge is 2.28. The third kappa shape index (κ3) is 2.76. The lowest BCUT2D eigenvalue weighted by Crippen LogP contribution is -2.29. The first-order valence-electron chi connectivity index (χ1n) is 4.99. The lowest BCUT2D eigenvalue weighted by Gasteiger charge is -2.14. The van der Waals surface area contributed by atoms with E-state index in [2.05, 4.69) is 25.9 Å². The highest BCUT2D eigenvalue weighted by atomic mass is 79.9. The first kappa shape index (κ1) is 11.9. The Hall–Kier alpha value is -1.57. The van der Waals surface area contributed by atoms with Gasteiger partial charge in [-0.3, -0.25) is 0 Å². The second-order valence-corrected chi connectivity index (χ2v) is 4.45. The number of likely N-dealkylation sites (tertiary alicyclic amines) is 1.